The van der Waals surface area contributed by atoms with E-state index in [1.54, 1.807) is 0 Å². The Balaban J connectivity index is 3.50. The van der Waals surface area contributed by atoms with Crippen molar-refractivity contribution in [2.24, 2.45) is 0 Å². The summed E-state index contributed by atoms with van der Waals surface area (Å²) >= 11 is 6.18. The SMILES string of the molecule is CCCCC(Br)=C(O)Br. The highest BCUT2D eigenvalue weighted by Gasteiger charge is 1.95. The van der Waals surface area contributed by atoms with Crippen LogP contribution in [-0.4, -0.2) is 5.11 Å². The minimum absolute atomic E-state index is 0.218. The second-order valence-corrected chi connectivity index (χ2v) is 3.51. The zero-order valence-corrected chi connectivity index (χ0v) is 8.50. The van der Waals surface area contributed by atoms with E-state index < -0.39 is 0 Å². The molecular formula is C6H10Br2O. The molecule has 0 atom stereocenters. The maximum absolute atomic E-state index is 8.80. The molecule has 0 aromatic rings. The summed E-state index contributed by atoms with van der Waals surface area (Å²) < 4.78 is 1.07. The fourth-order valence-corrected chi connectivity index (χ4v) is 0.914. The summed E-state index contributed by atoms with van der Waals surface area (Å²) in [6.45, 7) is 2.12. The fraction of sp³-hybridized carbons (Fsp3) is 0.667. The van der Waals surface area contributed by atoms with Gasteiger partial charge in [0.25, 0.3) is 0 Å². The summed E-state index contributed by atoms with van der Waals surface area (Å²) in [6, 6.07) is 0. The molecule has 0 saturated carbocycles. The largest absolute Gasteiger partial charge is 0.501 e. The molecule has 0 saturated heterocycles. The highest BCUT2D eigenvalue weighted by molar-refractivity contribution is 9.14. The molecule has 0 aromatic heterocycles. The number of aliphatic hydroxyl groups excluding tert-OH is 1. The highest BCUT2D eigenvalue weighted by atomic mass is 79.9. The van der Waals surface area contributed by atoms with E-state index in [0.717, 1.165) is 23.7 Å². The number of hydrogen-bond acceptors (Lipinski definition) is 1. The van der Waals surface area contributed by atoms with Gasteiger partial charge in [-0.2, -0.15) is 0 Å². The Kier molecular flexibility index (Phi) is 5.59. The first kappa shape index (κ1) is 9.50. The van der Waals surface area contributed by atoms with Gasteiger partial charge < -0.3 is 5.11 Å². The van der Waals surface area contributed by atoms with Gasteiger partial charge in [0.1, 0.15) is 0 Å². The zero-order valence-electron chi connectivity index (χ0n) is 5.32. The van der Waals surface area contributed by atoms with E-state index in [2.05, 4.69) is 38.8 Å². The zero-order chi connectivity index (χ0) is 7.28. The number of hydrogen-bond donors (Lipinski definition) is 1. The van der Waals surface area contributed by atoms with Crippen LogP contribution in [0.25, 0.3) is 0 Å². The molecule has 0 rings (SSSR count). The third-order valence-corrected chi connectivity index (χ3v) is 2.76. The third kappa shape index (κ3) is 4.97. The van der Waals surface area contributed by atoms with E-state index in [4.69, 9.17) is 5.11 Å². The molecule has 0 amide bonds. The van der Waals surface area contributed by atoms with Crippen molar-refractivity contribution in [1.29, 1.82) is 0 Å². The number of halogens is 2. The number of aliphatic hydroxyl groups is 1. The van der Waals surface area contributed by atoms with E-state index in [1.807, 2.05) is 0 Å². The van der Waals surface area contributed by atoms with Crippen molar-refractivity contribution < 1.29 is 5.11 Å². The first-order valence-corrected chi connectivity index (χ1v) is 4.50. The molecule has 0 bridgehead atoms. The summed E-state index contributed by atoms with van der Waals surface area (Å²) in [7, 11) is 0. The molecule has 3 heteroatoms. The molecule has 1 N–H and O–H groups in total. The monoisotopic (exact) mass is 256 g/mol. The molecule has 9 heavy (non-hydrogen) atoms. The Morgan fingerprint density at radius 3 is 2.33 bits per heavy atom. The van der Waals surface area contributed by atoms with Crippen LogP contribution in [0, 0.1) is 0 Å². The van der Waals surface area contributed by atoms with E-state index >= 15 is 0 Å². The predicted molar refractivity (Wildman–Crippen MR) is 47.0 cm³/mol. The molecule has 1 nitrogen and oxygen atoms in total. The molecule has 0 fully saturated rings. The Labute approximate surface area is 72.4 Å². The van der Waals surface area contributed by atoms with Crippen molar-refractivity contribution in [3.63, 3.8) is 0 Å². The van der Waals surface area contributed by atoms with Crippen molar-refractivity contribution in [2.45, 2.75) is 26.2 Å². The molecule has 0 aliphatic rings. The smallest absolute Gasteiger partial charge is 0.169 e. The molecule has 0 unspecified atom stereocenters. The minimum atomic E-state index is 0.218. The van der Waals surface area contributed by atoms with E-state index in [9.17, 15) is 0 Å². The first-order chi connectivity index (χ1) is 4.18. The molecule has 0 aliphatic carbocycles. The van der Waals surface area contributed by atoms with Crippen LogP contribution in [0.2, 0.25) is 0 Å². The summed E-state index contributed by atoms with van der Waals surface area (Å²) in [5.41, 5.74) is 0. The van der Waals surface area contributed by atoms with Gasteiger partial charge in [-0.1, -0.05) is 29.3 Å². The lowest BCUT2D eigenvalue weighted by Gasteiger charge is -1.95. The van der Waals surface area contributed by atoms with Crippen molar-refractivity contribution >= 4 is 31.9 Å². The molecule has 0 aromatic carbocycles. The van der Waals surface area contributed by atoms with Crippen molar-refractivity contribution in [1.82, 2.24) is 0 Å². The lowest BCUT2D eigenvalue weighted by Crippen LogP contribution is -1.76. The van der Waals surface area contributed by atoms with Gasteiger partial charge in [-0.05, 0) is 28.8 Å². The molecule has 0 heterocycles. The van der Waals surface area contributed by atoms with Gasteiger partial charge in [-0.3, -0.25) is 0 Å². The second-order valence-electron chi connectivity index (χ2n) is 1.80. The van der Waals surface area contributed by atoms with E-state index in [-0.39, 0.29) is 4.67 Å². The molecule has 0 radical (unpaired) electrons. The number of rotatable bonds is 3. The van der Waals surface area contributed by atoms with Crippen LogP contribution in [0.1, 0.15) is 26.2 Å². The normalized spacial score (nSPS) is 13.2. The number of allylic oxidation sites excluding steroid dienone is 1. The second kappa shape index (κ2) is 5.30. The summed E-state index contributed by atoms with van der Waals surface area (Å²) in [5, 5.41) is 8.80. The van der Waals surface area contributed by atoms with Crippen LogP contribution in [-0.2, 0) is 0 Å². The Morgan fingerprint density at radius 2 is 2.00 bits per heavy atom. The van der Waals surface area contributed by atoms with Crippen LogP contribution in [0.4, 0.5) is 0 Å². The predicted octanol–water partition coefficient (Wildman–Crippen LogP) is 3.69. The van der Waals surface area contributed by atoms with Gasteiger partial charge in [0.15, 0.2) is 4.67 Å². The van der Waals surface area contributed by atoms with Gasteiger partial charge in [0, 0.05) is 4.48 Å². The van der Waals surface area contributed by atoms with Gasteiger partial charge in [-0.25, -0.2) is 0 Å². The lowest BCUT2D eigenvalue weighted by molar-refractivity contribution is 0.455. The molecule has 54 valence electrons. The quantitative estimate of drug-likeness (QED) is 0.765. The van der Waals surface area contributed by atoms with Crippen LogP contribution >= 0.6 is 31.9 Å². The van der Waals surface area contributed by atoms with Crippen molar-refractivity contribution in [3.05, 3.63) is 9.15 Å². The minimum Gasteiger partial charge on any atom is -0.501 e. The van der Waals surface area contributed by atoms with E-state index in [0.29, 0.717) is 0 Å². The maximum Gasteiger partial charge on any atom is 0.169 e. The van der Waals surface area contributed by atoms with Gasteiger partial charge in [0.05, 0.1) is 0 Å². The third-order valence-electron chi connectivity index (χ3n) is 0.974. The average molecular weight is 258 g/mol. The lowest BCUT2D eigenvalue weighted by atomic mass is 10.2. The summed E-state index contributed by atoms with van der Waals surface area (Å²) in [6.07, 6.45) is 3.17. The van der Waals surface area contributed by atoms with Gasteiger partial charge >= 0.3 is 0 Å². The first-order valence-electron chi connectivity index (χ1n) is 2.91. The van der Waals surface area contributed by atoms with Crippen LogP contribution in [0.3, 0.4) is 0 Å². The van der Waals surface area contributed by atoms with Crippen LogP contribution in [0.15, 0.2) is 9.15 Å². The van der Waals surface area contributed by atoms with Gasteiger partial charge in [-0.15, -0.1) is 0 Å². The summed E-state index contributed by atoms with van der Waals surface area (Å²) in [5.74, 6) is 0. The van der Waals surface area contributed by atoms with Crippen molar-refractivity contribution in [2.75, 3.05) is 0 Å². The van der Waals surface area contributed by atoms with E-state index in [1.165, 1.54) is 0 Å². The van der Waals surface area contributed by atoms with Gasteiger partial charge in [0.2, 0.25) is 0 Å². The summed E-state index contributed by atoms with van der Waals surface area (Å²) in [4.78, 5) is 0. The fourth-order valence-electron chi connectivity index (χ4n) is 0.435. The molecular weight excluding hydrogens is 248 g/mol. The standard InChI is InChI=1S/C6H10Br2O/c1-2-3-4-5(7)6(8)9/h9H,2-4H2,1H3. The Hall–Kier alpha value is 0.500. The molecule has 0 aliphatic heterocycles. The molecule has 0 spiro atoms. The Morgan fingerprint density at radius 1 is 1.44 bits per heavy atom. The number of unbranched alkanes of at least 4 members (excludes halogenated alkanes) is 1. The maximum atomic E-state index is 8.80. The topological polar surface area (TPSA) is 20.2 Å². The average Bonchev–Trinajstić information content (AvgIpc) is 1.82. The Bertz CT molecular complexity index is 106. The van der Waals surface area contributed by atoms with Crippen LogP contribution < -0.4 is 0 Å². The van der Waals surface area contributed by atoms with Crippen LogP contribution in [0.5, 0.6) is 0 Å². The highest BCUT2D eigenvalue weighted by Crippen LogP contribution is 2.20. The van der Waals surface area contributed by atoms with Crippen molar-refractivity contribution in [3.8, 4) is 0 Å².